The van der Waals surface area contributed by atoms with E-state index in [0.717, 1.165) is 6.42 Å². The molecule has 0 heterocycles. The van der Waals surface area contributed by atoms with E-state index in [1.54, 1.807) is 0 Å². The Labute approximate surface area is 88.8 Å². The number of benzene rings is 1. The molecule has 0 aliphatic carbocycles. The van der Waals surface area contributed by atoms with Crippen molar-refractivity contribution in [2.24, 2.45) is 0 Å². The molecule has 0 aliphatic rings. The first-order valence-electron chi connectivity index (χ1n) is 4.57. The van der Waals surface area contributed by atoms with E-state index in [0.29, 0.717) is 0 Å². The molecule has 1 heteroatoms. The molecular formula is C12H15Br. The zero-order chi connectivity index (χ0) is 9.84. The van der Waals surface area contributed by atoms with E-state index in [1.807, 2.05) is 0 Å². The second-order valence-corrected chi connectivity index (χ2v) is 4.17. The smallest absolute Gasteiger partial charge is 0.0250 e. The molecule has 1 rings (SSSR count). The number of rotatable bonds is 2. The molecule has 0 radical (unpaired) electrons. The lowest BCUT2D eigenvalue weighted by Gasteiger charge is -2.04. The fraction of sp³-hybridized carbons (Fsp3) is 0.333. The Kier molecular flexibility index (Phi) is 3.73. The van der Waals surface area contributed by atoms with E-state index in [2.05, 4.69) is 61.0 Å². The molecule has 70 valence electrons. The van der Waals surface area contributed by atoms with Crippen LogP contribution in [0.15, 0.2) is 28.2 Å². The van der Waals surface area contributed by atoms with Crippen LogP contribution >= 0.6 is 15.9 Å². The Morgan fingerprint density at radius 2 is 2.15 bits per heavy atom. The zero-order valence-corrected chi connectivity index (χ0v) is 9.98. The molecule has 0 nitrogen and oxygen atoms in total. The Bertz CT molecular complexity index is 304. The van der Waals surface area contributed by atoms with Crippen molar-refractivity contribution in [2.45, 2.75) is 27.2 Å². The lowest BCUT2D eigenvalue weighted by atomic mass is 10.1. The van der Waals surface area contributed by atoms with Gasteiger partial charge in [0.25, 0.3) is 0 Å². The monoisotopic (exact) mass is 238 g/mol. The maximum Gasteiger partial charge on any atom is 0.0250 e. The molecule has 0 atom stereocenters. The fourth-order valence-electron chi connectivity index (χ4n) is 1.18. The zero-order valence-electron chi connectivity index (χ0n) is 8.39. The van der Waals surface area contributed by atoms with Crippen molar-refractivity contribution in [1.82, 2.24) is 0 Å². The van der Waals surface area contributed by atoms with Crippen molar-refractivity contribution in [3.63, 3.8) is 0 Å². The average molecular weight is 239 g/mol. The van der Waals surface area contributed by atoms with E-state index in [9.17, 15) is 0 Å². The van der Waals surface area contributed by atoms with Gasteiger partial charge in [-0.15, -0.1) is 0 Å². The summed E-state index contributed by atoms with van der Waals surface area (Å²) in [6.45, 7) is 6.48. The van der Waals surface area contributed by atoms with Crippen LogP contribution in [0.4, 0.5) is 0 Å². The van der Waals surface area contributed by atoms with Crippen LogP contribution in [0, 0.1) is 6.92 Å². The molecule has 0 fully saturated rings. The molecule has 0 unspecified atom stereocenters. The van der Waals surface area contributed by atoms with Crippen molar-refractivity contribution >= 4 is 22.0 Å². The summed E-state index contributed by atoms with van der Waals surface area (Å²) in [7, 11) is 0. The molecule has 0 N–H and O–H groups in total. The van der Waals surface area contributed by atoms with Gasteiger partial charge in [0.1, 0.15) is 0 Å². The third kappa shape index (κ3) is 2.70. The first-order valence-corrected chi connectivity index (χ1v) is 5.36. The summed E-state index contributed by atoms with van der Waals surface area (Å²) in [4.78, 5) is 0. The number of aryl methyl sites for hydroxylation is 1. The summed E-state index contributed by atoms with van der Waals surface area (Å²) in [6.07, 6.45) is 3.36. The van der Waals surface area contributed by atoms with Gasteiger partial charge < -0.3 is 0 Å². The summed E-state index contributed by atoms with van der Waals surface area (Å²) in [5.41, 5.74) is 4.04. The highest BCUT2D eigenvalue weighted by Crippen LogP contribution is 2.23. The molecule has 0 saturated heterocycles. The Hall–Kier alpha value is -0.560. The minimum Gasteiger partial charge on any atom is -0.0730 e. The van der Waals surface area contributed by atoms with Gasteiger partial charge in [0, 0.05) is 4.47 Å². The molecule has 0 aromatic heterocycles. The van der Waals surface area contributed by atoms with Crippen LogP contribution in [0.25, 0.3) is 6.08 Å². The van der Waals surface area contributed by atoms with Gasteiger partial charge in [-0.2, -0.15) is 0 Å². The predicted molar refractivity (Wildman–Crippen MR) is 62.8 cm³/mol. The number of allylic oxidation sites excluding steroid dienone is 1. The van der Waals surface area contributed by atoms with Crippen LogP contribution in [0.3, 0.4) is 0 Å². The van der Waals surface area contributed by atoms with Crippen LogP contribution < -0.4 is 0 Å². The maximum absolute atomic E-state index is 3.56. The van der Waals surface area contributed by atoms with Gasteiger partial charge in [0.05, 0.1) is 0 Å². The highest BCUT2D eigenvalue weighted by atomic mass is 79.9. The fourth-order valence-corrected chi connectivity index (χ4v) is 1.76. The van der Waals surface area contributed by atoms with Crippen molar-refractivity contribution < 1.29 is 0 Å². The van der Waals surface area contributed by atoms with Gasteiger partial charge in [-0.25, -0.2) is 0 Å². The van der Waals surface area contributed by atoms with Crippen molar-refractivity contribution in [3.05, 3.63) is 39.4 Å². The SMILES string of the molecule is CC/C(C)=C/c1c(C)cccc1Br. The molecule has 0 spiro atoms. The van der Waals surface area contributed by atoms with Crippen molar-refractivity contribution in [2.75, 3.05) is 0 Å². The standard InChI is InChI=1S/C12H15Br/c1-4-9(2)8-11-10(3)6-5-7-12(11)13/h5-8H,4H2,1-3H3/b9-8+. The minimum atomic E-state index is 1.11. The predicted octanol–water partition coefficient (Wildman–Crippen LogP) is 4.57. The van der Waals surface area contributed by atoms with E-state index >= 15 is 0 Å². The average Bonchev–Trinajstić information content (AvgIpc) is 2.11. The quantitative estimate of drug-likeness (QED) is 0.709. The van der Waals surface area contributed by atoms with Gasteiger partial charge >= 0.3 is 0 Å². The van der Waals surface area contributed by atoms with E-state index < -0.39 is 0 Å². The number of halogens is 1. The second kappa shape index (κ2) is 4.61. The summed E-state index contributed by atoms with van der Waals surface area (Å²) >= 11 is 3.56. The van der Waals surface area contributed by atoms with E-state index in [1.165, 1.54) is 21.2 Å². The largest absolute Gasteiger partial charge is 0.0730 e. The Morgan fingerprint density at radius 3 is 2.69 bits per heavy atom. The molecule has 1 aromatic carbocycles. The van der Waals surface area contributed by atoms with Gasteiger partial charge in [-0.3, -0.25) is 0 Å². The summed E-state index contributed by atoms with van der Waals surface area (Å²) < 4.78 is 1.18. The minimum absolute atomic E-state index is 1.11. The van der Waals surface area contributed by atoms with Crippen LogP contribution in [-0.2, 0) is 0 Å². The van der Waals surface area contributed by atoms with Crippen LogP contribution in [-0.4, -0.2) is 0 Å². The summed E-state index contributed by atoms with van der Waals surface area (Å²) in [5, 5.41) is 0. The van der Waals surface area contributed by atoms with Crippen LogP contribution in [0.1, 0.15) is 31.4 Å². The topological polar surface area (TPSA) is 0 Å². The van der Waals surface area contributed by atoms with E-state index in [4.69, 9.17) is 0 Å². The third-order valence-corrected chi connectivity index (χ3v) is 2.91. The van der Waals surface area contributed by atoms with Crippen LogP contribution in [0.5, 0.6) is 0 Å². The first-order chi connectivity index (χ1) is 6.15. The Morgan fingerprint density at radius 1 is 1.46 bits per heavy atom. The van der Waals surface area contributed by atoms with Gasteiger partial charge in [-0.1, -0.05) is 46.6 Å². The highest BCUT2D eigenvalue weighted by molar-refractivity contribution is 9.10. The third-order valence-electron chi connectivity index (χ3n) is 2.22. The number of hydrogen-bond donors (Lipinski definition) is 0. The molecule has 0 saturated carbocycles. The second-order valence-electron chi connectivity index (χ2n) is 3.31. The molecule has 0 bridgehead atoms. The van der Waals surface area contributed by atoms with Gasteiger partial charge in [0.15, 0.2) is 0 Å². The van der Waals surface area contributed by atoms with Crippen molar-refractivity contribution in [3.8, 4) is 0 Å². The Balaban J connectivity index is 3.14. The molecule has 0 aliphatic heterocycles. The maximum atomic E-state index is 3.56. The molecule has 1 aromatic rings. The number of hydrogen-bond acceptors (Lipinski definition) is 0. The normalized spacial score (nSPS) is 11.8. The first kappa shape index (κ1) is 10.5. The van der Waals surface area contributed by atoms with Crippen molar-refractivity contribution in [1.29, 1.82) is 0 Å². The summed E-state index contributed by atoms with van der Waals surface area (Å²) in [5.74, 6) is 0. The molecule has 13 heavy (non-hydrogen) atoms. The summed E-state index contributed by atoms with van der Waals surface area (Å²) in [6, 6.07) is 6.29. The van der Waals surface area contributed by atoms with Gasteiger partial charge in [0.2, 0.25) is 0 Å². The lowest BCUT2D eigenvalue weighted by Crippen LogP contribution is -1.83. The van der Waals surface area contributed by atoms with Gasteiger partial charge in [-0.05, 0) is 37.5 Å². The lowest BCUT2D eigenvalue weighted by molar-refractivity contribution is 1.11. The molecule has 0 amide bonds. The van der Waals surface area contributed by atoms with E-state index in [-0.39, 0.29) is 0 Å². The van der Waals surface area contributed by atoms with Crippen LogP contribution in [0.2, 0.25) is 0 Å². The molecular weight excluding hydrogens is 224 g/mol. The highest BCUT2D eigenvalue weighted by Gasteiger charge is 1.99.